The average Bonchev–Trinajstić information content (AvgIpc) is 3.18. The number of amides is 3. The Morgan fingerprint density at radius 3 is 2.45 bits per heavy atom. The topological polar surface area (TPSA) is 90.1 Å². The molecule has 0 radical (unpaired) electrons. The van der Waals surface area contributed by atoms with Crippen LogP contribution >= 0.6 is 11.6 Å². The van der Waals surface area contributed by atoms with E-state index < -0.39 is 25.5 Å². The average molecular weight is 492 g/mol. The molecule has 1 aromatic carbocycles. The van der Waals surface area contributed by atoms with Gasteiger partial charge in [-0.1, -0.05) is 43.7 Å². The van der Waals surface area contributed by atoms with Gasteiger partial charge in [-0.15, -0.1) is 0 Å². The number of aromatic amines is 1. The Balaban J connectivity index is 1.57. The Bertz CT molecular complexity index is 1140. The van der Waals surface area contributed by atoms with Crippen LogP contribution in [0.15, 0.2) is 12.1 Å². The molecule has 0 saturated heterocycles. The number of aryl methyl sites for hydroxylation is 1. The highest BCUT2D eigenvalue weighted by molar-refractivity contribution is 6.83. The number of hydrogen-bond donors (Lipinski definition) is 3. The summed E-state index contributed by atoms with van der Waals surface area (Å²) in [7, 11) is -1.73. The molecule has 0 bridgehead atoms. The lowest BCUT2D eigenvalue weighted by Crippen LogP contribution is -2.52. The van der Waals surface area contributed by atoms with Gasteiger partial charge in [0.15, 0.2) is 5.82 Å². The smallest absolute Gasteiger partial charge is 0.309 e. The Kier molecular flexibility index (Phi) is 5.64. The number of hydrogen-bond acceptors (Lipinski definition) is 3. The third-order valence-corrected chi connectivity index (χ3v) is 11.5. The number of anilines is 2. The van der Waals surface area contributed by atoms with Gasteiger partial charge in [-0.2, -0.15) is 5.10 Å². The normalized spacial score (nSPS) is 18.5. The van der Waals surface area contributed by atoms with Crippen LogP contribution in [-0.4, -0.2) is 35.1 Å². The van der Waals surface area contributed by atoms with Gasteiger partial charge >= 0.3 is 6.03 Å². The van der Waals surface area contributed by atoms with Crippen LogP contribution in [0.4, 0.5) is 20.7 Å². The molecule has 10 heteroatoms. The number of H-pyrrole nitrogens is 1. The molecule has 7 nitrogen and oxygen atoms in total. The summed E-state index contributed by atoms with van der Waals surface area (Å²) in [6.45, 7) is 12.5. The van der Waals surface area contributed by atoms with E-state index in [9.17, 15) is 14.0 Å². The van der Waals surface area contributed by atoms with Crippen LogP contribution in [0.5, 0.6) is 0 Å². The van der Waals surface area contributed by atoms with Gasteiger partial charge in [-0.25, -0.2) is 9.18 Å². The molecule has 178 valence electrons. The van der Waals surface area contributed by atoms with E-state index in [1.54, 1.807) is 17.9 Å². The SMILES string of the molecule is Cc1ccc(F)c(Cl)c1NC(=O)N1Cc2c(NC(=O)C3([Si](C)(C)C)CCC3)n[nH]c2C1(C)C. The lowest BCUT2D eigenvalue weighted by molar-refractivity contribution is -0.121. The second-order valence-electron chi connectivity index (χ2n) is 10.7. The van der Waals surface area contributed by atoms with Crippen LogP contribution in [0.2, 0.25) is 29.7 Å². The summed E-state index contributed by atoms with van der Waals surface area (Å²) in [5.41, 5.74) is 1.76. The number of benzene rings is 1. The van der Waals surface area contributed by atoms with Crippen molar-refractivity contribution in [1.29, 1.82) is 0 Å². The number of urea groups is 1. The van der Waals surface area contributed by atoms with E-state index in [4.69, 9.17) is 11.6 Å². The zero-order chi connectivity index (χ0) is 24.3. The third-order valence-electron chi connectivity index (χ3n) is 7.56. The maximum absolute atomic E-state index is 13.9. The van der Waals surface area contributed by atoms with Crippen molar-refractivity contribution in [2.24, 2.45) is 0 Å². The largest absolute Gasteiger partial charge is 0.322 e. The van der Waals surface area contributed by atoms with Crippen LogP contribution in [0.25, 0.3) is 0 Å². The molecule has 3 N–H and O–H groups in total. The van der Waals surface area contributed by atoms with Gasteiger partial charge in [0, 0.05) is 10.6 Å². The minimum atomic E-state index is -1.73. The molecule has 2 aliphatic rings. The molecule has 2 heterocycles. The van der Waals surface area contributed by atoms with Gasteiger partial charge in [0.1, 0.15) is 10.8 Å². The highest BCUT2D eigenvalue weighted by atomic mass is 35.5. The number of halogens is 2. The maximum Gasteiger partial charge on any atom is 0.322 e. The molecule has 1 aliphatic carbocycles. The van der Waals surface area contributed by atoms with E-state index in [0.717, 1.165) is 30.5 Å². The molecule has 2 aromatic rings. The summed E-state index contributed by atoms with van der Waals surface area (Å²) >= 11 is 6.10. The van der Waals surface area contributed by atoms with Crippen molar-refractivity contribution in [2.75, 3.05) is 10.6 Å². The number of carbonyl (C=O) groups is 2. The van der Waals surface area contributed by atoms with Crippen LogP contribution in [-0.2, 0) is 16.9 Å². The number of rotatable bonds is 4. The van der Waals surface area contributed by atoms with Crippen molar-refractivity contribution in [3.8, 4) is 0 Å². The monoisotopic (exact) mass is 491 g/mol. The zero-order valence-electron chi connectivity index (χ0n) is 19.9. The first-order valence-electron chi connectivity index (χ1n) is 11.2. The molecule has 1 aliphatic heterocycles. The number of fused-ring (bicyclic) bond motifs is 1. The van der Waals surface area contributed by atoms with Crippen molar-refractivity contribution in [3.63, 3.8) is 0 Å². The lowest BCUT2D eigenvalue weighted by Gasteiger charge is -2.48. The van der Waals surface area contributed by atoms with Crippen LogP contribution in [0.3, 0.4) is 0 Å². The second kappa shape index (κ2) is 7.84. The minimum absolute atomic E-state index is 0.0325. The van der Waals surface area contributed by atoms with Gasteiger partial charge in [0.25, 0.3) is 0 Å². The van der Waals surface area contributed by atoms with Gasteiger partial charge < -0.3 is 15.5 Å². The molecule has 0 spiro atoms. The van der Waals surface area contributed by atoms with E-state index in [0.29, 0.717) is 11.4 Å². The standard InChI is InChI=1S/C23H31ClFN5O2Si/c1-13-8-9-15(25)16(24)17(13)26-21(32)30-12-14-18(22(30,2)3)28-29-19(14)27-20(31)23(10-7-11-23)33(4,5)6/h8-9H,7,10-12H2,1-6H3,(H,26,32)(H2,27,28,29,31). The Morgan fingerprint density at radius 1 is 1.21 bits per heavy atom. The molecular formula is C23H31ClFN5O2Si. The van der Waals surface area contributed by atoms with Gasteiger partial charge in [0.2, 0.25) is 5.91 Å². The summed E-state index contributed by atoms with van der Waals surface area (Å²) in [5.74, 6) is -0.0852. The Labute approximate surface area is 199 Å². The van der Waals surface area contributed by atoms with E-state index in [1.165, 1.54) is 6.07 Å². The number of aromatic nitrogens is 2. The first-order chi connectivity index (χ1) is 15.3. The van der Waals surface area contributed by atoms with Crippen molar-refractivity contribution in [2.45, 2.75) is 76.8 Å². The van der Waals surface area contributed by atoms with E-state index >= 15 is 0 Å². The van der Waals surface area contributed by atoms with Crippen LogP contribution in [0, 0.1) is 12.7 Å². The van der Waals surface area contributed by atoms with Crippen molar-refractivity contribution < 1.29 is 14.0 Å². The maximum atomic E-state index is 13.9. The van der Waals surface area contributed by atoms with Gasteiger partial charge in [-0.3, -0.25) is 9.89 Å². The van der Waals surface area contributed by atoms with Crippen LogP contribution < -0.4 is 10.6 Å². The molecular weight excluding hydrogens is 461 g/mol. The Hall–Kier alpha value is -2.39. The van der Waals surface area contributed by atoms with Crippen molar-refractivity contribution in [3.05, 3.63) is 39.8 Å². The summed E-state index contributed by atoms with van der Waals surface area (Å²) in [6.07, 6.45) is 2.89. The Morgan fingerprint density at radius 2 is 1.88 bits per heavy atom. The van der Waals surface area contributed by atoms with Crippen molar-refractivity contribution in [1.82, 2.24) is 15.1 Å². The summed E-state index contributed by atoms with van der Waals surface area (Å²) in [6, 6.07) is 2.43. The van der Waals surface area contributed by atoms with Gasteiger partial charge in [-0.05, 0) is 45.2 Å². The molecule has 0 atom stereocenters. The second-order valence-corrected chi connectivity index (χ2v) is 16.5. The van der Waals surface area contributed by atoms with E-state index in [1.807, 2.05) is 13.8 Å². The van der Waals surface area contributed by atoms with Crippen LogP contribution in [0.1, 0.15) is 49.9 Å². The molecule has 4 rings (SSSR count). The predicted molar refractivity (Wildman–Crippen MR) is 131 cm³/mol. The third kappa shape index (κ3) is 3.65. The molecule has 0 unspecified atom stereocenters. The molecule has 33 heavy (non-hydrogen) atoms. The molecule has 1 saturated carbocycles. The molecule has 1 aromatic heterocycles. The van der Waals surface area contributed by atoms with E-state index in [2.05, 4.69) is 40.5 Å². The van der Waals surface area contributed by atoms with E-state index in [-0.39, 0.29) is 28.2 Å². The van der Waals surface area contributed by atoms with Gasteiger partial charge in [0.05, 0.1) is 31.5 Å². The number of nitrogens with one attached hydrogen (secondary N) is 3. The molecule has 1 fully saturated rings. The predicted octanol–water partition coefficient (Wildman–Crippen LogP) is 5.99. The summed E-state index contributed by atoms with van der Waals surface area (Å²) in [4.78, 5) is 28.2. The fraction of sp³-hybridized carbons (Fsp3) is 0.522. The fourth-order valence-corrected chi connectivity index (χ4v) is 7.85. The number of nitrogens with zero attached hydrogens (tertiary/aromatic N) is 2. The first-order valence-corrected chi connectivity index (χ1v) is 15.1. The quantitative estimate of drug-likeness (QED) is 0.458. The highest BCUT2D eigenvalue weighted by Crippen LogP contribution is 2.56. The first kappa shape index (κ1) is 23.8. The minimum Gasteiger partial charge on any atom is -0.309 e. The highest BCUT2D eigenvalue weighted by Gasteiger charge is 2.54. The fourth-order valence-electron chi connectivity index (χ4n) is 5.00. The molecule has 3 amide bonds. The number of carbonyl (C=O) groups excluding carboxylic acids is 2. The zero-order valence-corrected chi connectivity index (χ0v) is 21.7. The van der Waals surface area contributed by atoms with Crippen molar-refractivity contribution >= 4 is 43.1 Å². The lowest BCUT2D eigenvalue weighted by atomic mass is 9.83. The summed E-state index contributed by atoms with van der Waals surface area (Å²) in [5, 5.41) is 12.8. The summed E-state index contributed by atoms with van der Waals surface area (Å²) < 4.78 is 13.9.